The molecule has 0 unspecified atom stereocenters. The first-order valence-corrected chi connectivity index (χ1v) is 10.5. The van der Waals surface area contributed by atoms with Crippen LogP contribution in [0.3, 0.4) is 0 Å². The van der Waals surface area contributed by atoms with Gasteiger partial charge in [0.15, 0.2) is 0 Å². The molecule has 0 radical (unpaired) electrons. The van der Waals surface area contributed by atoms with Gasteiger partial charge in [-0.1, -0.05) is 40.2 Å². The van der Waals surface area contributed by atoms with E-state index in [0.717, 1.165) is 28.4 Å². The van der Waals surface area contributed by atoms with Crippen LogP contribution in [0.15, 0.2) is 77.3 Å². The molecule has 2 amide bonds. The number of rotatable bonds is 6. The molecule has 0 aromatic heterocycles. The molecule has 1 fully saturated rings. The molecule has 0 atom stereocenters. The predicted molar refractivity (Wildman–Crippen MR) is 118 cm³/mol. The third kappa shape index (κ3) is 4.44. The fourth-order valence-corrected chi connectivity index (χ4v) is 3.72. The van der Waals surface area contributed by atoms with Gasteiger partial charge in [-0.15, -0.1) is 0 Å². The van der Waals surface area contributed by atoms with E-state index in [4.69, 9.17) is 0 Å². The van der Waals surface area contributed by atoms with Crippen molar-refractivity contribution in [3.63, 3.8) is 0 Å². The molecule has 4 nitrogen and oxygen atoms in total. The molecule has 1 aliphatic rings. The summed E-state index contributed by atoms with van der Waals surface area (Å²) < 4.78 is 14.0. The second-order valence-corrected chi connectivity index (χ2v) is 8.35. The second-order valence-electron chi connectivity index (χ2n) is 7.43. The average molecular weight is 467 g/mol. The Hall–Kier alpha value is -2.99. The first-order valence-electron chi connectivity index (χ1n) is 9.66. The lowest BCUT2D eigenvalue weighted by Gasteiger charge is -2.16. The molecule has 3 aromatic rings. The topological polar surface area (TPSA) is 58.2 Å². The van der Waals surface area contributed by atoms with Gasteiger partial charge in [-0.25, -0.2) is 4.39 Å². The van der Waals surface area contributed by atoms with Crippen LogP contribution < -0.4 is 10.6 Å². The summed E-state index contributed by atoms with van der Waals surface area (Å²) in [6.45, 7) is 0.372. The van der Waals surface area contributed by atoms with E-state index >= 15 is 0 Å². The molecule has 0 saturated heterocycles. The lowest BCUT2D eigenvalue weighted by atomic mass is 9.95. The quantitative estimate of drug-likeness (QED) is 0.525. The Morgan fingerprint density at radius 3 is 2.33 bits per heavy atom. The molecule has 0 aliphatic heterocycles. The molecule has 2 N–H and O–H groups in total. The second kappa shape index (κ2) is 8.40. The number of amides is 2. The van der Waals surface area contributed by atoms with Crippen LogP contribution in [0.2, 0.25) is 0 Å². The van der Waals surface area contributed by atoms with E-state index in [1.165, 1.54) is 24.3 Å². The minimum absolute atomic E-state index is 0.0190. The molecule has 3 aromatic carbocycles. The van der Waals surface area contributed by atoms with E-state index in [-0.39, 0.29) is 17.6 Å². The Kier molecular flexibility index (Phi) is 5.68. The molecular weight excluding hydrogens is 447 g/mol. The monoisotopic (exact) mass is 466 g/mol. The fourth-order valence-electron chi connectivity index (χ4n) is 3.46. The Morgan fingerprint density at radius 2 is 1.67 bits per heavy atom. The van der Waals surface area contributed by atoms with Crippen LogP contribution in [0.1, 0.15) is 34.3 Å². The van der Waals surface area contributed by atoms with Crippen LogP contribution in [-0.4, -0.2) is 11.8 Å². The maximum absolute atomic E-state index is 13.0. The zero-order chi connectivity index (χ0) is 21.1. The number of carbonyl (C=O) groups excluding carboxylic acids is 2. The molecule has 152 valence electrons. The first-order chi connectivity index (χ1) is 14.5. The summed E-state index contributed by atoms with van der Waals surface area (Å²) in [6, 6.07) is 20.6. The highest BCUT2D eigenvalue weighted by Gasteiger charge is 2.50. The number of hydrogen-bond acceptors (Lipinski definition) is 2. The van der Waals surface area contributed by atoms with E-state index in [9.17, 15) is 14.0 Å². The van der Waals surface area contributed by atoms with Crippen molar-refractivity contribution in [1.29, 1.82) is 0 Å². The Balaban J connectivity index is 1.38. The van der Waals surface area contributed by atoms with Crippen LogP contribution in [-0.2, 0) is 16.8 Å². The zero-order valence-corrected chi connectivity index (χ0v) is 17.7. The van der Waals surface area contributed by atoms with Gasteiger partial charge < -0.3 is 10.6 Å². The molecule has 1 aliphatic carbocycles. The van der Waals surface area contributed by atoms with Gasteiger partial charge in [-0.05, 0) is 72.5 Å². The SMILES string of the molecule is O=C(Nc1cccc(CNC(=O)C2(c3ccc(Br)cc3)CC2)c1)c1ccc(F)cc1. The summed E-state index contributed by atoms with van der Waals surface area (Å²) >= 11 is 3.43. The van der Waals surface area contributed by atoms with Crippen molar-refractivity contribution in [3.05, 3.63) is 99.8 Å². The minimum atomic E-state index is -0.435. The highest BCUT2D eigenvalue weighted by atomic mass is 79.9. The highest BCUT2D eigenvalue weighted by molar-refractivity contribution is 9.10. The van der Waals surface area contributed by atoms with E-state index < -0.39 is 5.41 Å². The van der Waals surface area contributed by atoms with Crippen LogP contribution in [0, 0.1) is 5.82 Å². The predicted octanol–water partition coefficient (Wildman–Crippen LogP) is 5.19. The number of carbonyl (C=O) groups is 2. The Morgan fingerprint density at radius 1 is 0.967 bits per heavy atom. The van der Waals surface area contributed by atoms with Gasteiger partial charge in [0, 0.05) is 22.3 Å². The van der Waals surface area contributed by atoms with Crippen molar-refractivity contribution in [3.8, 4) is 0 Å². The van der Waals surface area contributed by atoms with E-state index in [0.29, 0.717) is 17.8 Å². The van der Waals surface area contributed by atoms with Crippen molar-refractivity contribution in [2.24, 2.45) is 0 Å². The molecule has 1 saturated carbocycles. The summed E-state index contributed by atoms with van der Waals surface area (Å²) in [4.78, 5) is 25.2. The van der Waals surface area contributed by atoms with Crippen molar-refractivity contribution >= 4 is 33.4 Å². The third-order valence-corrected chi connectivity index (χ3v) is 5.85. The van der Waals surface area contributed by atoms with Gasteiger partial charge in [0.2, 0.25) is 5.91 Å². The number of anilines is 1. The van der Waals surface area contributed by atoms with Crippen LogP contribution in [0.25, 0.3) is 0 Å². The lowest BCUT2D eigenvalue weighted by molar-refractivity contribution is -0.123. The summed E-state index contributed by atoms with van der Waals surface area (Å²) in [5.41, 5.74) is 2.47. The van der Waals surface area contributed by atoms with E-state index in [2.05, 4.69) is 26.6 Å². The highest BCUT2D eigenvalue weighted by Crippen LogP contribution is 2.48. The minimum Gasteiger partial charge on any atom is -0.351 e. The number of hydrogen-bond donors (Lipinski definition) is 2. The van der Waals surface area contributed by atoms with Gasteiger partial charge in [0.25, 0.3) is 5.91 Å². The van der Waals surface area contributed by atoms with Gasteiger partial charge in [0.05, 0.1) is 5.41 Å². The average Bonchev–Trinajstić information content (AvgIpc) is 3.55. The van der Waals surface area contributed by atoms with Crippen LogP contribution in [0.5, 0.6) is 0 Å². The molecule has 0 bridgehead atoms. The number of nitrogens with one attached hydrogen (secondary N) is 2. The molecule has 4 rings (SSSR count). The molecule has 0 spiro atoms. The van der Waals surface area contributed by atoms with Gasteiger partial charge in [0.1, 0.15) is 5.82 Å². The maximum Gasteiger partial charge on any atom is 0.255 e. The molecule has 0 heterocycles. The van der Waals surface area contributed by atoms with Gasteiger partial charge in [-0.2, -0.15) is 0 Å². The Labute approximate surface area is 182 Å². The smallest absolute Gasteiger partial charge is 0.255 e. The van der Waals surface area contributed by atoms with Crippen molar-refractivity contribution < 1.29 is 14.0 Å². The van der Waals surface area contributed by atoms with Crippen molar-refractivity contribution in [1.82, 2.24) is 5.32 Å². The first kappa shape index (κ1) is 20.3. The zero-order valence-electron chi connectivity index (χ0n) is 16.1. The third-order valence-electron chi connectivity index (χ3n) is 5.33. The van der Waals surface area contributed by atoms with Crippen LogP contribution >= 0.6 is 15.9 Å². The number of halogens is 2. The maximum atomic E-state index is 13.0. The van der Waals surface area contributed by atoms with Gasteiger partial charge >= 0.3 is 0 Å². The normalized spacial score (nSPS) is 14.1. The van der Waals surface area contributed by atoms with Gasteiger partial charge in [-0.3, -0.25) is 9.59 Å². The largest absolute Gasteiger partial charge is 0.351 e. The van der Waals surface area contributed by atoms with E-state index in [1.807, 2.05) is 42.5 Å². The summed E-state index contributed by atoms with van der Waals surface area (Å²) in [7, 11) is 0. The summed E-state index contributed by atoms with van der Waals surface area (Å²) in [5, 5.41) is 5.83. The fraction of sp³-hybridized carbons (Fsp3) is 0.167. The van der Waals surface area contributed by atoms with Crippen LogP contribution in [0.4, 0.5) is 10.1 Å². The number of benzene rings is 3. The molecule has 30 heavy (non-hydrogen) atoms. The van der Waals surface area contributed by atoms with Crippen molar-refractivity contribution in [2.45, 2.75) is 24.8 Å². The Bertz CT molecular complexity index is 1080. The standard InChI is InChI=1S/C24H20BrFN2O2/c25-19-8-6-18(7-9-19)24(12-13-24)23(30)27-15-16-2-1-3-21(14-16)28-22(29)17-4-10-20(26)11-5-17/h1-11,14H,12-13,15H2,(H,27,30)(H,28,29). The molecule has 6 heteroatoms. The lowest BCUT2D eigenvalue weighted by Crippen LogP contribution is -2.34. The van der Waals surface area contributed by atoms with E-state index in [1.54, 1.807) is 6.07 Å². The van der Waals surface area contributed by atoms with Crippen molar-refractivity contribution in [2.75, 3.05) is 5.32 Å². The summed E-state index contributed by atoms with van der Waals surface area (Å²) in [5.74, 6) is -0.685. The molecular formula is C24H20BrFN2O2. The summed E-state index contributed by atoms with van der Waals surface area (Å²) in [6.07, 6.45) is 1.68.